The number of aryl methyl sites for hydroxylation is 1. The molecule has 2 rings (SSSR count). The molecule has 0 unspecified atom stereocenters. The fourth-order valence-electron chi connectivity index (χ4n) is 1.67. The van der Waals surface area contributed by atoms with Gasteiger partial charge < -0.3 is 10.1 Å². The minimum absolute atomic E-state index is 0.00196. The average molecular weight is 425 g/mol. The van der Waals surface area contributed by atoms with Gasteiger partial charge in [0.2, 0.25) is 0 Å². The lowest BCUT2D eigenvalue weighted by Gasteiger charge is -2.12. The molecule has 0 bridgehead atoms. The number of hydrogen-bond donors (Lipinski definition) is 1. The first-order valence-corrected chi connectivity index (χ1v) is 8.06. The van der Waals surface area contributed by atoms with Crippen molar-refractivity contribution in [2.45, 2.75) is 0 Å². The molecule has 1 heterocycles. The third-order valence-electron chi connectivity index (χ3n) is 2.88. The molecular formula is C14H9Cl4N3O4. The second kappa shape index (κ2) is 8.05. The van der Waals surface area contributed by atoms with Gasteiger partial charge in [0.05, 0.1) is 25.8 Å². The van der Waals surface area contributed by atoms with Crippen molar-refractivity contribution in [2.24, 2.45) is 7.05 Å². The Morgan fingerprint density at radius 1 is 1.16 bits per heavy atom. The number of anilines is 1. The van der Waals surface area contributed by atoms with E-state index < -0.39 is 24.0 Å². The monoisotopic (exact) mass is 423 g/mol. The van der Waals surface area contributed by atoms with E-state index in [1.54, 1.807) is 0 Å². The van der Waals surface area contributed by atoms with E-state index in [1.165, 1.54) is 19.2 Å². The molecule has 11 heteroatoms. The first-order valence-electron chi connectivity index (χ1n) is 6.55. The molecule has 25 heavy (non-hydrogen) atoms. The topological polar surface area (TPSA) is 90.3 Å². The van der Waals surface area contributed by atoms with Crippen LogP contribution in [0.4, 0.5) is 5.69 Å². The normalized spacial score (nSPS) is 10.4. The van der Waals surface area contributed by atoms with Gasteiger partial charge in [-0.2, -0.15) is 5.10 Å². The predicted molar refractivity (Wildman–Crippen MR) is 94.9 cm³/mol. The van der Waals surface area contributed by atoms with E-state index in [1.807, 2.05) is 0 Å². The number of benzene rings is 1. The largest absolute Gasteiger partial charge is 0.451 e. The van der Waals surface area contributed by atoms with E-state index >= 15 is 0 Å². The SMILES string of the molecule is Cn1nc(C(=O)OCC(=O)Nc2c(Cl)c(Cl)cc(Cl)c2Cl)ccc1=O. The minimum Gasteiger partial charge on any atom is -0.451 e. The summed E-state index contributed by atoms with van der Waals surface area (Å²) in [6.45, 7) is -0.639. The van der Waals surface area contributed by atoms with Crippen LogP contribution in [0.25, 0.3) is 0 Å². The minimum atomic E-state index is -0.882. The Balaban J connectivity index is 2.05. The first-order chi connectivity index (χ1) is 11.7. The van der Waals surface area contributed by atoms with Crippen molar-refractivity contribution in [1.82, 2.24) is 9.78 Å². The Bertz CT molecular complexity index is 887. The number of nitrogens with one attached hydrogen (secondary N) is 1. The van der Waals surface area contributed by atoms with Crippen molar-refractivity contribution in [3.63, 3.8) is 0 Å². The molecule has 0 aliphatic rings. The first kappa shape index (κ1) is 19.5. The zero-order valence-corrected chi connectivity index (χ0v) is 15.5. The lowest BCUT2D eigenvalue weighted by molar-refractivity contribution is -0.119. The third kappa shape index (κ3) is 4.64. The van der Waals surface area contributed by atoms with Gasteiger partial charge in [-0.1, -0.05) is 46.4 Å². The second-order valence-corrected chi connectivity index (χ2v) is 6.22. The van der Waals surface area contributed by atoms with Crippen LogP contribution in [-0.2, 0) is 16.6 Å². The highest BCUT2D eigenvalue weighted by atomic mass is 35.5. The molecule has 0 radical (unpaired) electrons. The summed E-state index contributed by atoms with van der Waals surface area (Å²) >= 11 is 23.7. The zero-order chi connectivity index (χ0) is 18.7. The summed E-state index contributed by atoms with van der Waals surface area (Å²) in [5, 5.41) is 6.25. The number of amides is 1. The molecule has 132 valence electrons. The Hall–Kier alpha value is -1.80. The maximum atomic E-state index is 11.9. The van der Waals surface area contributed by atoms with Crippen LogP contribution in [0.5, 0.6) is 0 Å². The maximum Gasteiger partial charge on any atom is 0.359 e. The van der Waals surface area contributed by atoms with Gasteiger partial charge >= 0.3 is 5.97 Å². The number of ether oxygens (including phenoxy) is 1. The van der Waals surface area contributed by atoms with Gasteiger partial charge in [0.15, 0.2) is 12.3 Å². The van der Waals surface area contributed by atoms with Crippen molar-refractivity contribution in [3.05, 3.63) is 54.3 Å². The number of aromatic nitrogens is 2. The van der Waals surface area contributed by atoms with Gasteiger partial charge in [-0.05, 0) is 12.1 Å². The summed E-state index contributed by atoms with van der Waals surface area (Å²) in [6.07, 6.45) is 0. The quantitative estimate of drug-likeness (QED) is 0.601. The highest BCUT2D eigenvalue weighted by Crippen LogP contribution is 2.40. The molecular weight excluding hydrogens is 416 g/mol. The molecule has 1 aromatic heterocycles. The number of nitrogens with zero attached hydrogens (tertiary/aromatic N) is 2. The van der Waals surface area contributed by atoms with E-state index in [9.17, 15) is 14.4 Å². The number of esters is 1. The van der Waals surface area contributed by atoms with Crippen molar-refractivity contribution in [2.75, 3.05) is 11.9 Å². The van der Waals surface area contributed by atoms with Crippen LogP contribution in [-0.4, -0.2) is 28.3 Å². The van der Waals surface area contributed by atoms with Gasteiger partial charge in [-0.25, -0.2) is 9.48 Å². The molecule has 7 nitrogen and oxygen atoms in total. The summed E-state index contributed by atoms with van der Waals surface area (Å²) in [6, 6.07) is 3.67. The number of halogens is 4. The van der Waals surface area contributed by atoms with Crippen LogP contribution in [0.1, 0.15) is 10.5 Å². The predicted octanol–water partition coefficient (Wildman–Crippen LogP) is 3.19. The fraction of sp³-hybridized carbons (Fsp3) is 0.143. The highest BCUT2D eigenvalue weighted by molar-refractivity contribution is 6.50. The number of carbonyl (C=O) groups is 2. The van der Waals surface area contributed by atoms with E-state index in [-0.39, 0.29) is 31.5 Å². The third-order valence-corrected chi connectivity index (χ3v) is 4.45. The molecule has 1 N–H and O–H groups in total. The number of carbonyl (C=O) groups excluding carboxylic acids is 2. The van der Waals surface area contributed by atoms with E-state index in [0.29, 0.717) is 0 Å². The molecule has 0 fully saturated rings. The number of hydrogen-bond acceptors (Lipinski definition) is 5. The maximum absolute atomic E-state index is 11.9. The molecule has 1 aromatic carbocycles. The lowest BCUT2D eigenvalue weighted by atomic mass is 10.3. The average Bonchev–Trinajstić information content (AvgIpc) is 2.57. The lowest BCUT2D eigenvalue weighted by Crippen LogP contribution is -2.24. The van der Waals surface area contributed by atoms with Crippen LogP contribution in [0.2, 0.25) is 20.1 Å². The summed E-state index contributed by atoms with van der Waals surface area (Å²) in [5.74, 6) is -1.60. The van der Waals surface area contributed by atoms with Crippen LogP contribution >= 0.6 is 46.4 Å². The zero-order valence-electron chi connectivity index (χ0n) is 12.5. The van der Waals surface area contributed by atoms with E-state index in [0.717, 1.165) is 10.7 Å². The number of rotatable bonds is 4. The van der Waals surface area contributed by atoms with Crippen molar-refractivity contribution in [1.29, 1.82) is 0 Å². The van der Waals surface area contributed by atoms with Gasteiger partial charge in [-0.15, -0.1) is 0 Å². The Morgan fingerprint density at radius 3 is 2.32 bits per heavy atom. The Morgan fingerprint density at radius 2 is 1.76 bits per heavy atom. The Kier molecular flexibility index (Phi) is 6.29. The van der Waals surface area contributed by atoms with Crippen molar-refractivity contribution >= 4 is 64.0 Å². The van der Waals surface area contributed by atoms with Gasteiger partial charge in [0.25, 0.3) is 11.5 Å². The van der Waals surface area contributed by atoms with Crippen LogP contribution in [0.15, 0.2) is 23.0 Å². The summed E-state index contributed by atoms with van der Waals surface area (Å²) < 4.78 is 5.78. The molecule has 0 saturated carbocycles. The molecule has 0 saturated heterocycles. The fourth-order valence-corrected chi connectivity index (χ4v) is 2.58. The van der Waals surface area contributed by atoms with Gasteiger partial charge in [-0.3, -0.25) is 9.59 Å². The van der Waals surface area contributed by atoms with Crippen molar-refractivity contribution in [3.8, 4) is 0 Å². The molecule has 0 aliphatic heterocycles. The van der Waals surface area contributed by atoms with Gasteiger partial charge in [0.1, 0.15) is 0 Å². The standard InChI is InChI=1S/C14H9Cl4N3O4/c1-21-10(23)3-2-8(20-21)14(24)25-5-9(22)19-13-11(17)6(15)4-7(16)12(13)18/h2-4H,5H2,1H3,(H,19,22). The van der Waals surface area contributed by atoms with Crippen LogP contribution in [0.3, 0.4) is 0 Å². The smallest absolute Gasteiger partial charge is 0.359 e. The summed E-state index contributed by atoms with van der Waals surface area (Å²) in [4.78, 5) is 35.0. The molecule has 1 amide bonds. The Labute approximate surface area is 161 Å². The van der Waals surface area contributed by atoms with Crippen LogP contribution in [0, 0.1) is 0 Å². The highest BCUT2D eigenvalue weighted by Gasteiger charge is 2.18. The van der Waals surface area contributed by atoms with E-state index in [4.69, 9.17) is 51.1 Å². The van der Waals surface area contributed by atoms with Crippen molar-refractivity contribution < 1.29 is 14.3 Å². The molecule has 0 aliphatic carbocycles. The van der Waals surface area contributed by atoms with Crippen LogP contribution < -0.4 is 10.9 Å². The van der Waals surface area contributed by atoms with E-state index in [2.05, 4.69) is 10.4 Å². The molecule has 0 spiro atoms. The summed E-state index contributed by atoms with van der Waals surface area (Å²) in [5.41, 5.74) is -0.518. The second-order valence-electron chi connectivity index (χ2n) is 4.65. The summed E-state index contributed by atoms with van der Waals surface area (Å²) in [7, 11) is 1.37. The molecule has 0 atom stereocenters. The van der Waals surface area contributed by atoms with Gasteiger partial charge in [0, 0.05) is 13.1 Å². The molecule has 2 aromatic rings.